The highest BCUT2D eigenvalue weighted by Crippen LogP contribution is 2.36. The van der Waals surface area contributed by atoms with Gasteiger partial charge in [0.25, 0.3) is 0 Å². The lowest BCUT2D eigenvalue weighted by Crippen LogP contribution is -2.17. The highest BCUT2D eigenvalue weighted by Gasteiger charge is 2.18. The largest absolute Gasteiger partial charge is 0.347 e. The summed E-state index contributed by atoms with van der Waals surface area (Å²) in [6.07, 6.45) is 2.37. The van der Waals surface area contributed by atoms with Crippen molar-refractivity contribution in [2.24, 2.45) is 0 Å². The minimum Gasteiger partial charge on any atom is -0.347 e. The lowest BCUT2D eigenvalue weighted by Gasteiger charge is -2.10. The van der Waals surface area contributed by atoms with Gasteiger partial charge in [-0.25, -0.2) is 4.39 Å². The molecule has 1 aliphatic heterocycles. The van der Waals surface area contributed by atoms with Gasteiger partial charge in [0.15, 0.2) is 4.34 Å². The molecule has 1 aromatic heterocycles. The monoisotopic (exact) mass is 306 g/mol. The van der Waals surface area contributed by atoms with Gasteiger partial charge in [-0.1, -0.05) is 29.2 Å². The van der Waals surface area contributed by atoms with Crippen LogP contribution in [0.15, 0.2) is 27.4 Å². The molecule has 1 aromatic carbocycles. The first-order chi connectivity index (χ1) is 9.78. The van der Waals surface area contributed by atoms with Crippen LogP contribution >= 0.6 is 23.1 Å². The van der Waals surface area contributed by atoms with Crippen molar-refractivity contribution in [2.75, 3.05) is 18.0 Å². The van der Waals surface area contributed by atoms with E-state index in [1.165, 1.54) is 42.0 Å². The zero-order valence-electron chi connectivity index (χ0n) is 10.5. The Kier molecular flexibility index (Phi) is 3.85. The van der Waals surface area contributed by atoms with Crippen LogP contribution < -0.4 is 4.90 Å². The molecule has 3 rings (SSSR count). The molecule has 0 aliphatic carbocycles. The lowest BCUT2D eigenvalue weighted by atomic mass is 10.2. The third-order valence-corrected chi connectivity index (χ3v) is 5.15. The Morgan fingerprint density at radius 3 is 2.85 bits per heavy atom. The van der Waals surface area contributed by atoms with Crippen LogP contribution in [0.5, 0.6) is 0 Å². The minimum atomic E-state index is -0.498. The number of anilines is 1. The van der Waals surface area contributed by atoms with Gasteiger partial charge < -0.3 is 4.90 Å². The van der Waals surface area contributed by atoms with Crippen LogP contribution in [0.2, 0.25) is 0 Å². The summed E-state index contributed by atoms with van der Waals surface area (Å²) in [5.74, 6) is -0.498. The zero-order chi connectivity index (χ0) is 13.9. The fraction of sp³-hybridized carbons (Fsp3) is 0.308. The molecule has 4 nitrogen and oxygen atoms in total. The van der Waals surface area contributed by atoms with Crippen LogP contribution in [-0.4, -0.2) is 23.3 Å². The molecule has 0 bridgehead atoms. The maximum atomic E-state index is 13.5. The highest BCUT2D eigenvalue weighted by molar-refractivity contribution is 8.01. The van der Waals surface area contributed by atoms with Crippen molar-refractivity contribution in [3.05, 3.63) is 29.6 Å². The summed E-state index contributed by atoms with van der Waals surface area (Å²) in [4.78, 5) is 2.79. The second-order valence-electron chi connectivity index (χ2n) is 4.37. The maximum Gasteiger partial charge on any atom is 0.209 e. The molecule has 102 valence electrons. The van der Waals surface area contributed by atoms with E-state index in [1.807, 2.05) is 6.07 Å². The average Bonchev–Trinajstić information content (AvgIpc) is 3.09. The van der Waals surface area contributed by atoms with Gasteiger partial charge in [-0.2, -0.15) is 5.26 Å². The number of benzene rings is 1. The number of nitriles is 1. The molecule has 0 unspecified atom stereocenters. The van der Waals surface area contributed by atoms with E-state index in [9.17, 15) is 4.39 Å². The average molecular weight is 306 g/mol. The van der Waals surface area contributed by atoms with Gasteiger partial charge in [0.05, 0.1) is 0 Å². The lowest BCUT2D eigenvalue weighted by molar-refractivity contribution is 0.620. The quantitative estimate of drug-likeness (QED) is 0.871. The standard InChI is InChI=1S/C13H11FN4S2/c14-10-4-3-5-11(9(10)8-15)19-13-17-16-12(20-13)18-6-1-2-7-18/h3-5H,1-2,6-7H2. The summed E-state index contributed by atoms with van der Waals surface area (Å²) in [6, 6.07) is 6.51. The van der Waals surface area contributed by atoms with E-state index in [1.54, 1.807) is 12.1 Å². The molecule has 1 saturated heterocycles. The molecule has 0 N–H and O–H groups in total. The summed E-state index contributed by atoms with van der Waals surface area (Å²) < 4.78 is 14.3. The zero-order valence-corrected chi connectivity index (χ0v) is 12.2. The first-order valence-corrected chi connectivity index (χ1v) is 7.86. The van der Waals surface area contributed by atoms with Crippen LogP contribution in [0.3, 0.4) is 0 Å². The minimum absolute atomic E-state index is 0.0652. The van der Waals surface area contributed by atoms with Crippen LogP contribution in [0.1, 0.15) is 18.4 Å². The molecule has 20 heavy (non-hydrogen) atoms. The highest BCUT2D eigenvalue weighted by atomic mass is 32.2. The van der Waals surface area contributed by atoms with Crippen LogP contribution in [0.25, 0.3) is 0 Å². The molecule has 7 heteroatoms. The summed E-state index contributed by atoms with van der Waals surface area (Å²) in [7, 11) is 0. The van der Waals surface area contributed by atoms with Crippen molar-refractivity contribution in [3.8, 4) is 6.07 Å². The van der Waals surface area contributed by atoms with Crippen molar-refractivity contribution >= 4 is 28.2 Å². The SMILES string of the molecule is N#Cc1c(F)cccc1Sc1nnc(N2CCCC2)s1. The van der Waals surface area contributed by atoms with E-state index in [0.29, 0.717) is 4.90 Å². The predicted molar refractivity (Wildman–Crippen MR) is 76.6 cm³/mol. The fourth-order valence-electron chi connectivity index (χ4n) is 2.07. The van der Waals surface area contributed by atoms with E-state index in [2.05, 4.69) is 15.1 Å². The smallest absolute Gasteiger partial charge is 0.209 e. The summed E-state index contributed by atoms with van der Waals surface area (Å²) in [5, 5.41) is 18.2. The Bertz CT molecular complexity index is 659. The fourth-order valence-corrected chi connectivity index (χ4v) is 4.02. The number of hydrogen-bond donors (Lipinski definition) is 0. The molecule has 0 atom stereocenters. The van der Waals surface area contributed by atoms with Gasteiger partial charge in [0.1, 0.15) is 17.4 Å². The Labute approximate surface area is 124 Å². The number of hydrogen-bond acceptors (Lipinski definition) is 6. The van der Waals surface area contributed by atoms with Gasteiger partial charge >= 0.3 is 0 Å². The normalized spacial score (nSPS) is 14.5. The molecule has 2 heterocycles. The Hall–Kier alpha value is -1.65. The van der Waals surface area contributed by atoms with Crippen molar-refractivity contribution < 1.29 is 4.39 Å². The maximum absolute atomic E-state index is 13.5. The predicted octanol–water partition coefficient (Wildman–Crippen LogP) is 3.30. The Balaban J connectivity index is 1.82. The first-order valence-electron chi connectivity index (χ1n) is 6.23. The molecular formula is C13H11FN4S2. The molecule has 1 aliphatic rings. The number of nitrogens with zero attached hydrogens (tertiary/aromatic N) is 4. The van der Waals surface area contributed by atoms with Crippen LogP contribution in [0, 0.1) is 17.1 Å². The number of aromatic nitrogens is 2. The van der Waals surface area contributed by atoms with Gasteiger partial charge in [-0.15, -0.1) is 10.2 Å². The molecule has 0 radical (unpaired) electrons. The second-order valence-corrected chi connectivity index (χ2v) is 6.62. The topological polar surface area (TPSA) is 52.8 Å². The summed E-state index contributed by atoms with van der Waals surface area (Å²) in [5.41, 5.74) is 0.0652. The van der Waals surface area contributed by atoms with Crippen molar-refractivity contribution in [3.63, 3.8) is 0 Å². The molecule has 0 amide bonds. The van der Waals surface area contributed by atoms with Gasteiger partial charge in [-0.05, 0) is 25.0 Å². The molecule has 2 aromatic rings. The van der Waals surface area contributed by atoms with E-state index >= 15 is 0 Å². The molecular weight excluding hydrogens is 295 g/mol. The van der Waals surface area contributed by atoms with Crippen molar-refractivity contribution in [1.29, 1.82) is 5.26 Å². The van der Waals surface area contributed by atoms with Gasteiger partial charge in [0, 0.05) is 18.0 Å². The third-order valence-electron chi connectivity index (χ3n) is 3.06. The Morgan fingerprint density at radius 1 is 1.30 bits per heavy atom. The second kappa shape index (κ2) is 5.77. The van der Waals surface area contributed by atoms with Crippen molar-refractivity contribution in [1.82, 2.24) is 10.2 Å². The number of halogens is 1. The van der Waals surface area contributed by atoms with Crippen LogP contribution in [0.4, 0.5) is 9.52 Å². The Morgan fingerprint density at radius 2 is 2.10 bits per heavy atom. The van der Waals surface area contributed by atoms with E-state index < -0.39 is 5.82 Å². The molecule has 1 fully saturated rings. The summed E-state index contributed by atoms with van der Waals surface area (Å²) in [6.45, 7) is 2.03. The van der Waals surface area contributed by atoms with Gasteiger partial charge in [0.2, 0.25) is 5.13 Å². The first kappa shape index (κ1) is 13.3. The molecule has 0 spiro atoms. The third kappa shape index (κ3) is 2.62. The van der Waals surface area contributed by atoms with E-state index in [-0.39, 0.29) is 5.56 Å². The van der Waals surface area contributed by atoms with Crippen LogP contribution in [-0.2, 0) is 0 Å². The van der Waals surface area contributed by atoms with E-state index in [0.717, 1.165) is 22.6 Å². The summed E-state index contributed by atoms with van der Waals surface area (Å²) >= 11 is 2.77. The van der Waals surface area contributed by atoms with Crippen molar-refractivity contribution in [2.45, 2.75) is 22.1 Å². The molecule has 0 saturated carbocycles. The van der Waals surface area contributed by atoms with E-state index in [4.69, 9.17) is 5.26 Å². The number of rotatable bonds is 3. The van der Waals surface area contributed by atoms with Gasteiger partial charge in [-0.3, -0.25) is 0 Å².